The molecular weight excluding hydrogens is 415 g/mol. The average Bonchev–Trinajstić information content (AvgIpc) is 2.68. The fourth-order valence-electron chi connectivity index (χ4n) is 3.90. The van der Waals surface area contributed by atoms with Crippen LogP contribution >= 0.6 is 35.8 Å². The van der Waals surface area contributed by atoms with Gasteiger partial charge >= 0.3 is 5.97 Å². The number of para-hydroxylation sites is 1. The molecule has 0 atom stereocenters. The number of hydrogen-bond donors (Lipinski definition) is 1. The van der Waals surface area contributed by atoms with Gasteiger partial charge in [0.05, 0.1) is 17.3 Å². The van der Waals surface area contributed by atoms with Gasteiger partial charge in [-0.3, -0.25) is 4.79 Å². The molecule has 4 rings (SSSR count). The molecule has 150 valence electrons. The Kier molecular flexibility index (Phi) is 7.15. The van der Waals surface area contributed by atoms with Crippen LogP contribution in [0.5, 0.6) is 0 Å². The standard InChI is InChI=1S/C21H23ClN2O2S.ClH/c22-16-6-7-20-18(14-16)24(17-4-1-2-5-19(17)27-20)11-3-10-23-12-8-15(9-13-23)21(25)26;/h1-2,4-7,14-15H,3,8-13H2,(H,25,26);1H. The number of benzene rings is 2. The van der Waals surface area contributed by atoms with Crippen molar-refractivity contribution in [1.29, 1.82) is 0 Å². The van der Waals surface area contributed by atoms with Crippen LogP contribution in [0.15, 0.2) is 52.3 Å². The molecule has 2 aromatic rings. The molecule has 2 aromatic carbocycles. The van der Waals surface area contributed by atoms with Gasteiger partial charge in [0, 0.05) is 21.4 Å². The molecular formula is C21H24Cl2N2O2S. The molecule has 4 nitrogen and oxygen atoms in total. The molecule has 0 aromatic heterocycles. The van der Waals surface area contributed by atoms with Crippen LogP contribution in [-0.4, -0.2) is 42.2 Å². The lowest BCUT2D eigenvalue weighted by atomic mass is 9.97. The number of carbonyl (C=O) groups is 1. The second-order valence-corrected chi connectivity index (χ2v) is 8.66. The zero-order chi connectivity index (χ0) is 18.8. The zero-order valence-corrected chi connectivity index (χ0v) is 17.9. The SMILES string of the molecule is Cl.O=C(O)C1CCN(CCCN2c3ccccc3Sc3ccc(Cl)cc32)CC1. The minimum Gasteiger partial charge on any atom is -0.481 e. The van der Waals surface area contributed by atoms with E-state index in [0.717, 1.165) is 50.5 Å². The second-order valence-electron chi connectivity index (χ2n) is 7.14. The van der Waals surface area contributed by atoms with Gasteiger partial charge in [0.25, 0.3) is 0 Å². The van der Waals surface area contributed by atoms with Crippen LogP contribution in [0.2, 0.25) is 5.02 Å². The van der Waals surface area contributed by atoms with Crippen molar-refractivity contribution in [1.82, 2.24) is 4.90 Å². The van der Waals surface area contributed by atoms with Gasteiger partial charge in [-0.1, -0.05) is 35.5 Å². The van der Waals surface area contributed by atoms with Crippen LogP contribution in [-0.2, 0) is 4.79 Å². The van der Waals surface area contributed by atoms with E-state index in [9.17, 15) is 4.79 Å². The van der Waals surface area contributed by atoms with E-state index < -0.39 is 5.97 Å². The van der Waals surface area contributed by atoms with E-state index >= 15 is 0 Å². The molecule has 1 N–H and O–H groups in total. The first-order chi connectivity index (χ1) is 13.1. The minimum absolute atomic E-state index is 0. The van der Waals surface area contributed by atoms with E-state index in [0.29, 0.717) is 0 Å². The number of rotatable bonds is 5. The molecule has 0 aliphatic carbocycles. The van der Waals surface area contributed by atoms with Crippen LogP contribution in [0.3, 0.4) is 0 Å². The average molecular weight is 439 g/mol. The zero-order valence-electron chi connectivity index (χ0n) is 15.5. The van der Waals surface area contributed by atoms with Gasteiger partial charge in [0.1, 0.15) is 0 Å². The van der Waals surface area contributed by atoms with Crippen molar-refractivity contribution < 1.29 is 9.90 Å². The normalized spacial score (nSPS) is 16.8. The van der Waals surface area contributed by atoms with Gasteiger partial charge in [-0.05, 0) is 69.2 Å². The highest BCUT2D eigenvalue weighted by atomic mass is 35.5. The Labute approximate surface area is 181 Å². The summed E-state index contributed by atoms with van der Waals surface area (Å²) in [6.45, 7) is 3.68. The van der Waals surface area contributed by atoms with Crippen molar-refractivity contribution >= 4 is 53.1 Å². The Morgan fingerprint density at radius 2 is 1.79 bits per heavy atom. The summed E-state index contributed by atoms with van der Waals surface area (Å²) < 4.78 is 0. The monoisotopic (exact) mass is 438 g/mol. The number of carboxylic acids is 1. The number of aliphatic carboxylic acids is 1. The van der Waals surface area contributed by atoms with E-state index in [1.165, 1.54) is 21.2 Å². The summed E-state index contributed by atoms with van der Waals surface area (Å²) in [5.41, 5.74) is 2.41. The predicted octanol–water partition coefficient (Wildman–Crippen LogP) is 5.55. The van der Waals surface area contributed by atoms with Gasteiger partial charge in [-0.25, -0.2) is 0 Å². The van der Waals surface area contributed by atoms with E-state index in [2.05, 4.69) is 46.2 Å². The molecule has 2 aliphatic heterocycles. The first-order valence-electron chi connectivity index (χ1n) is 9.41. The highest BCUT2D eigenvalue weighted by Crippen LogP contribution is 2.48. The van der Waals surface area contributed by atoms with Crippen molar-refractivity contribution in [2.24, 2.45) is 5.92 Å². The first-order valence-corrected chi connectivity index (χ1v) is 10.6. The van der Waals surface area contributed by atoms with Crippen LogP contribution in [0.4, 0.5) is 11.4 Å². The molecule has 1 fully saturated rings. The topological polar surface area (TPSA) is 43.8 Å². The summed E-state index contributed by atoms with van der Waals surface area (Å²) >= 11 is 8.06. The third kappa shape index (κ3) is 4.60. The largest absolute Gasteiger partial charge is 0.481 e. The number of likely N-dealkylation sites (tertiary alicyclic amines) is 1. The Bertz CT molecular complexity index is 841. The highest BCUT2D eigenvalue weighted by Gasteiger charge is 2.26. The summed E-state index contributed by atoms with van der Waals surface area (Å²) in [7, 11) is 0. The molecule has 0 radical (unpaired) electrons. The fourth-order valence-corrected chi connectivity index (χ4v) is 5.14. The highest BCUT2D eigenvalue weighted by molar-refractivity contribution is 7.99. The van der Waals surface area contributed by atoms with Crippen LogP contribution in [0.25, 0.3) is 0 Å². The van der Waals surface area contributed by atoms with Gasteiger partial charge in [-0.2, -0.15) is 0 Å². The number of halogens is 2. The number of nitrogens with zero attached hydrogens (tertiary/aromatic N) is 2. The number of piperidine rings is 1. The molecule has 28 heavy (non-hydrogen) atoms. The van der Waals surface area contributed by atoms with Crippen molar-refractivity contribution in [3.63, 3.8) is 0 Å². The van der Waals surface area contributed by atoms with Gasteiger partial charge in [-0.15, -0.1) is 12.4 Å². The molecule has 2 heterocycles. The molecule has 0 saturated carbocycles. The smallest absolute Gasteiger partial charge is 0.306 e. The molecule has 2 aliphatic rings. The van der Waals surface area contributed by atoms with Gasteiger partial charge in [0.15, 0.2) is 0 Å². The predicted molar refractivity (Wildman–Crippen MR) is 118 cm³/mol. The summed E-state index contributed by atoms with van der Waals surface area (Å²) in [5.74, 6) is -0.813. The number of anilines is 2. The van der Waals surface area contributed by atoms with Crippen LogP contribution < -0.4 is 4.90 Å². The minimum atomic E-state index is -0.648. The lowest BCUT2D eigenvalue weighted by Gasteiger charge is -2.34. The lowest BCUT2D eigenvalue weighted by molar-refractivity contribution is -0.143. The summed E-state index contributed by atoms with van der Waals surface area (Å²) in [4.78, 5) is 18.4. The van der Waals surface area contributed by atoms with E-state index in [1.54, 1.807) is 11.8 Å². The summed E-state index contributed by atoms with van der Waals surface area (Å²) in [6.07, 6.45) is 2.55. The van der Waals surface area contributed by atoms with E-state index in [1.807, 2.05) is 6.07 Å². The van der Waals surface area contributed by atoms with Crippen molar-refractivity contribution in [3.8, 4) is 0 Å². The Balaban J connectivity index is 0.00000225. The molecule has 0 bridgehead atoms. The second kappa shape index (κ2) is 9.40. The number of fused-ring (bicyclic) bond motifs is 2. The molecule has 0 unspecified atom stereocenters. The van der Waals surface area contributed by atoms with Crippen molar-refractivity contribution in [3.05, 3.63) is 47.5 Å². The van der Waals surface area contributed by atoms with Crippen molar-refractivity contribution in [2.45, 2.75) is 29.1 Å². The van der Waals surface area contributed by atoms with E-state index in [-0.39, 0.29) is 18.3 Å². The maximum atomic E-state index is 11.1. The number of hydrogen-bond acceptors (Lipinski definition) is 4. The van der Waals surface area contributed by atoms with Crippen LogP contribution in [0.1, 0.15) is 19.3 Å². The summed E-state index contributed by atoms with van der Waals surface area (Å²) in [6, 6.07) is 14.6. The first kappa shape index (κ1) is 21.3. The van der Waals surface area contributed by atoms with Gasteiger partial charge < -0.3 is 14.9 Å². The third-order valence-electron chi connectivity index (χ3n) is 5.38. The lowest BCUT2D eigenvalue weighted by Crippen LogP contribution is -2.37. The Morgan fingerprint density at radius 3 is 2.54 bits per heavy atom. The van der Waals surface area contributed by atoms with Gasteiger partial charge in [0.2, 0.25) is 0 Å². The molecule has 1 saturated heterocycles. The maximum Gasteiger partial charge on any atom is 0.306 e. The molecule has 0 amide bonds. The maximum absolute atomic E-state index is 11.1. The van der Waals surface area contributed by atoms with Crippen LogP contribution in [0, 0.1) is 5.92 Å². The third-order valence-corrected chi connectivity index (χ3v) is 6.75. The number of carboxylic acid groups (broad SMARTS) is 1. The van der Waals surface area contributed by atoms with E-state index in [4.69, 9.17) is 16.7 Å². The Morgan fingerprint density at radius 1 is 1.07 bits per heavy atom. The quantitative estimate of drug-likeness (QED) is 0.662. The Hall–Kier alpha value is -1.40. The fraction of sp³-hybridized carbons (Fsp3) is 0.381. The molecule has 7 heteroatoms. The molecule has 0 spiro atoms. The van der Waals surface area contributed by atoms with Crippen molar-refractivity contribution in [2.75, 3.05) is 31.1 Å². The summed E-state index contributed by atoms with van der Waals surface area (Å²) in [5, 5.41) is 9.90.